The van der Waals surface area contributed by atoms with E-state index in [1.807, 2.05) is 0 Å². The van der Waals surface area contributed by atoms with Crippen LogP contribution in [0.3, 0.4) is 0 Å². The van der Waals surface area contributed by atoms with Crippen LogP contribution in [-0.4, -0.2) is 22.9 Å². The molecular formula is C13H16ClNO3. The van der Waals surface area contributed by atoms with Crippen molar-refractivity contribution in [2.75, 3.05) is 5.88 Å². The molecule has 0 spiro atoms. The van der Waals surface area contributed by atoms with E-state index in [0.29, 0.717) is 6.54 Å². The van der Waals surface area contributed by atoms with Crippen molar-refractivity contribution < 1.29 is 14.7 Å². The summed E-state index contributed by atoms with van der Waals surface area (Å²) in [5.41, 5.74) is 0.318. The summed E-state index contributed by atoms with van der Waals surface area (Å²) in [6.45, 7) is 3.80. The van der Waals surface area contributed by atoms with Crippen molar-refractivity contribution in [2.45, 2.75) is 20.4 Å². The molecule has 0 aliphatic heterocycles. The van der Waals surface area contributed by atoms with Crippen LogP contribution in [0.1, 0.15) is 29.8 Å². The summed E-state index contributed by atoms with van der Waals surface area (Å²) >= 11 is 5.70. The maximum Gasteiger partial charge on any atom is 0.335 e. The first kappa shape index (κ1) is 14.5. The summed E-state index contributed by atoms with van der Waals surface area (Å²) < 4.78 is 0. The van der Waals surface area contributed by atoms with E-state index >= 15 is 0 Å². The Kier molecular flexibility index (Phi) is 4.73. The van der Waals surface area contributed by atoms with E-state index in [9.17, 15) is 9.59 Å². The molecule has 0 saturated heterocycles. The Balaban J connectivity index is 2.67. The van der Waals surface area contributed by atoms with E-state index in [-0.39, 0.29) is 17.4 Å². The van der Waals surface area contributed by atoms with E-state index < -0.39 is 11.4 Å². The number of carboxylic acid groups (broad SMARTS) is 1. The van der Waals surface area contributed by atoms with Crippen molar-refractivity contribution >= 4 is 23.5 Å². The Morgan fingerprint density at radius 2 is 2.06 bits per heavy atom. The molecular weight excluding hydrogens is 254 g/mol. The zero-order chi connectivity index (χ0) is 13.8. The molecule has 1 amide bonds. The Bertz CT molecular complexity index is 457. The SMILES string of the molecule is CC(C)(CCl)C(=O)NCc1cccc(C(=O)O)c1. The average Bonchev–Trinajstić information content (AvgIpc) is 2.36. The van der Waals surface area contributed by atoms with Crippen molar-refractivity contribution in [1.82, 2.24) is 5.32 Å². The minimum absolute atomic E-state index is 0.154. The highest BCUT2D eigenvalue weighted by Crippen LogP contribution is 2.17. The average molecular weight is 270 g/mol. The number of nitrogens with one attached hydrogen (secondary N) is 1. The van der Waals surface area contributed by atoms with Gasteiger partial charge in [0.1, 0.15) is 0 Å². The van der Waals surface area contributed by atoms with Gasteiger partial charge in [-0.15, -0.1) is 11.6 Å². The molecule has 0 saturated carbocycles. The molecule has 5 heteroatoms. The summed E-state index contributed by atoms with van der Waals surface area (Å²) in [6.07, 6.45) is 0. The first-order valence-electron chi connectivity index (χ1n) is 5.53. The molecule has 0 atom stereocenters. The first-order valence-corrected chi connectivity index (χ1v) is 6.07. The molecule has 0 radical (unpaired) electrons. The lowest BCUT2D eigenvalue weighted by Crippen LogP contribution is -2.37. The second kappa shape index (κ2) is 5.87. The number of carbonyl (C=O) groups is 2. The fourth-order valence-corrected chi connectivity index (χ4v) is 1.42. The number of hydrogen-bond donors (Lipinski definition) is 2. The van der Waals surface area contributed by atoms with E-state index in [1.165, 1.54) is 12.1 Å². The number of alkyl halides is 1. The fourth-order valence-electron chi connectivity index (χ4n) is 1.30. The van der Waals surface area contributed by atoms with Gasteiger partial charge in [-0.3, -0.25) is 4.79 Å². The minimum Gasteiger partial charge on any atom is -0.478 e. The molecule has 0 fully saturated rings. The maximum atomic E-state index is 11.8. The molecule has 0 heterocycles. The number of amides is 1. The van der Waals surface area contributed by atoms with Crippen molar-refractivity contribution in [3.05, 3.63) is 35.4 Å². The summed E-state index contributed by atoms with van der Waals surface area (Å²) in [6, 6.07) is 6.46. The van der Waals surface area contributed by atoms with Crippen LogP contribution < -0.4 is 5.32 Å². The highest BCUT2D eigenvalue weighted by Gasteiger charge is 2.25. The zero-order valence-corrected chi connectivity index (χ0v) is 11.1. The van der Waals surface area contributed by atoms with E-state index in [4.69, 9.17) is 16.7 Å². The molecule has 0 aromatic heterocycles. The third kappa shape index (κ3) is 3.74. The second-order valence-electron chi connectivity index (χ2n) is 4.71. The molecule has 1 aromatic rings. The van der Waals surface area contributed by atoms with Crippen molar-refractivity contribution in [3.63, 3.8) is 0 Å². The standard InChI is InChI=1S/C13H16ClNO3/c1-13(2,8-14)12(18)15-7-9-4-3-5-10(6-9)11(16)17/h3-6H,7-8H2,1-2H3,(H,15,18)(H,16,17). The summed E-state index contributed by atoms with van der Waals surface area (Å²) in [5.74, 6) is -0.906. The number of rotatable bonds is 5. The highest BCUT2D eigenvalue weighted by molar-refractivity contribution is 6.19. The lowest BCUT2D eigenvalue weighted by Gasteiger charge is -2.20. The monoisotopic (exact) mass is 269 g/mol. The van der Waals surface area contributed by atoms with Crippen LogP contribution in [0.15, 0.2) is 24.3 Å². The minimum atomic E-state index is -0.982. The molecule has 0 aliphatic carbocycles. The van der Waals surface area contributed by atoms with Crippen LogP contribution in [0, 0.1) is 5.41 Å². The van der Waals surface area contributed by atoms with Gasteiger partial charge in [0, 0.05) is 12.4 Å². The lowest BCUT2D eigenvalue weighted by molar-refractivity contribution is -0.128. The number of hydrogen-bond acceptors (Lipinski definition) is 2. The molecule has 18 heavy (non-hydrogen) atoms. The van der Waals surface area contributed by atoms with Gasteiger partial charge < -0.3 is 10.4 Å². The number of halogens is 1. The van der Waals surface area contributed by atoms with Crippen molar-refractivity contribution in [3.8, 4) is 0 Å². The number of benzene rings is 1. The number of carbonyl (C=O) groups excluding carboxylic acids is 1. The Morgan fingerprint density at radius 1 is 1.39 bits per heavy atom. The quantitative estimate of drug-likeness (QED) is 0.806. The molecule has 0 unspecified atom stereocenters. The molecule has 0 bridgehead atoms. The zero-order valence-electron chi connectivity index (χ0n) is 10.4. The van der Waals surface area contributed by atoms with Crippen LogP contribution >= 0.6 is 11.6 Å². The van der Waals surface area contributed by atoms with E-state index in [2.05, 4.69) is 5.32 Å². The van der Waals surface area contributed by atoms with Crippen molar-refractivity contribution in [2.24, 2.45) is 5.41 Å². The summed E-state index contributed by atoms with van der Waals surface area (Å²) in [7, 11) is 0. The van der Waals surface area contributed by atoms with Gasteiger partial charge in [0.05, 0.1) is 11.0 Å². The van der Waals surface area contributed by atoms with E-state index in [0.717, 1.165) is 5.56 Å². The topological polar surface area (TPSA) is 66.4 Å². The lowest BCUT2D eigenvalue weighted by atomic mass is 9.95. The van der Waals surface area contributed by atoms with Crippen LogP contribution in [0.5, 0.6) is 0 Å². The van der Waals surface area contributed by atoms with Crippen LogP contribution in [0.4, 0.5) is 0 Å². The predicted molar refractivity (Wildman–Crippen MR) is 69.7 cm³/mol. The molecule has 1 aromatic carbocycles. The van der Waals surface area contributed by atoms with E-state index in [1.54, 1.807) is 26.0 Å². The molecule has 1 rings (SSSR count). The Labute approximate surface area is 111 Å². The van der Waals surface area contributed by atoms with Gasteiger partial charge in [-0.1, -0.05) is 12.1 Å². The third-order valence-electron chi connectivity index (χ3n) is 2.58. The van der Waals surface area contributed by atoms with Gasteiger partial charge in [0.25, 0.3) is 0 Å². The highest BCUT2D eigenvalue weighted by atomic mass is 35.5. The Morgan fingerprint density at radius 3 is 2.61 bits per heavy atom. The normalized spacial score (nSPS) is 11.1. The van der Waals surface area contributed by atoms with Crippen LogP contribution in [-0.2, 0) is 11.3 Å². The third-order valence-corrected chi connectivity index (χ3v) is 3.24. The number of aromatic carboxylic acids is 1. The number of carboxylic acids is 1. The van der Waals surface area contributed by atoms with Crippen LogP contribution in [0.2, 0.25) is 0 Å². The van der Waals surface area contributed by atoms with Gasteiger partial charge in [-0.25, -0.2) is 4.79 Å². The first-order chi connectivity index (χ1) is 8.36. The largest absolute Gasteiger partial charge is 0.478 e. The summed E-state index contributed by atoms with van der Waals surface area (Å²) in [5, 5.41) is 11.6. The van der Waals surface area contributed by atoms with Gasteiger partial charge in [0.2, 0.25) is 5.91 Å². The second-order valence-corrected chi connectivity index (χ2v) is 4.97. The van der Waals surface area contributed by atoms with Crippen molar-refractivity contribution in [1.29, 1.82) is 0 Å². The Hall–Kier alpha value is -1.55. The summed E-state index contributed by atoms with van der Waals surface area (Å²) in [4.78, 5) is 22.6. The molecule has 2 N–H and O–H groups in total. The maximum absolute atomic E-state index is 11.8. The molecule has 98 valence electrons. The molecule has 0 aliphatic rings. The smallest absolute Gasteiger partial charge is 0.335 e. The van der Waals surface area contributed by atoms with Gasteiger partial charge in [-0.2, -0.15) is 0 Å². The van der Waals surface area contributed by atoms with Gasteiger partial charge >= 0.3 is 5.97 Å². The predicted octanol–water partition coefficient (Wildman–Crippen LogP) is 2.27. The van der Waals surface area contributed by atoms with Gasteiger partial charge in [0.15, 0.2) is 0 Å². The van der Waals surface area contributed by atoms with Gasteiger partial charge in [-0.05, 0) is 31.5 Å². The van der Waals surface area contributed by atoms with Crippen LogP contribution in [0.25, 0.3) is 0 Å². The fraction of sp³-hybridized carbons (Fsp3) is 0.385. The molecule has 4 nitrogen and oxygen atoms in total.